The third-order valence-electron chi connectivity index (χ3n) is 8.90. The smallest absolute Gasteiger partial charge is 0.00130 e. The molecular weight excluding hydrogens is 492 g/mol. The fourth-order valence-electron chi connectivity index (χ4n) is 6.31. The Hall–Kier alpha value is -3.12. The van der Waals surface area contributed by atoms with Crippen molar-refractivity contribution in [2.24, 2.45) is 0 Å². The summed E-state index contributed by atoms with van der Waals surface area (Å²) < 4.78 is 0. The SMILES string of the molecule is CC(C)(C)c1ccc(-c2cc3c(cc2C(C)(C)C)-c2cc(C(C)(C)C)c(-c4ccc(C(C)(C)C)cc4)cc2C3)cc1. The van der Waals surface area contributed by atoms with Crippen molar-refractivity contribution in [2.45, 2.75) is 111 Å². The lowest BCUT2D eigenvalue weighted by atomic mass is 9.78. The van der Waals surface area contributed by atoms with Gasteiger partial charge in [0.25, 0.3) is 0 Å². The maximum absolute atomic E-state index is 2.51. The highest BCUT2D eigenvalue weighted by molar-refractivity contribution is 5.86. The van der Waals surface area contributed by atoms with Crippen LogP contribution in [0, 0.1) is 0 Å². The van der Waals surface area contributed by atoms with E-state index in [-0.39, 0.29) is 21.7 Å². The summed E-state index contributed by atoms with van der Waals surface area (Å²) in [6, 6.07) is 28.6. The molecule has 5 rings (SSSR count). The first-order valence-corrected chi connectivity index (χ1v) is 15.4. The van der Waals surface area contributed by atoms with Crippen molar-refractivity contribution in [2.75, 3.05) is 0 Å². The van der Waals surface area contributed by atoms with Gasteiger partial charge in [-0.3, -0.25) is 0 Å². The molecule has 0 heteroatoms. The molecule has 1 aliphatic rings. The quantitative estimate of drug-likeness (QED) is 0.208. The first-order chi connectivity index (χ1) is 18.8. The maximum Gasteiger partial charge on any atom is -0.00130 e. The molecule has 214 valence electrons. The Morgan fingerprint density at radius 2 is 0.683 bits per heavy atom. The van der Waals surface area contributed by atoms with Gasteiger partial charge in [-0.25, -0.2) is 0 Å². The highest BCUT2D eigenvalue weighted by atomic mass is 14.3. The monoisotopic (exact) mass is 542 g/mol. The average Bonchev–Trinajstić information content (AvgIpc) is 3.22. The predicted octanol–water partition coefficient (Wildman–Crippen LogP) is 11.8. The molecule has 0 spiro atoms. The molecule has 0 heterocycles. The lowest BCUT2D eigenvalue weighted by molar-refractivity contribution is 0.589. The van der Waals surface area contributed by atoms with Crippen LogP contribution in [0.3, 0.4) is 0 Å². The van der Waals surface area contributed by atoms with Gasteiger partial charge in [0.2, 0.25) is 0 Å². The second kappa shape index (κ2) is 9.72. The number of hydrogen-bond acceptors (Lipinski definition) is 0. The van der Waals surface area contributed by atoms with Gasteiger partial charge in [0.05, 0.1) is 0 Å². The van der Waals surface area contributed by atoms with Gasteiger partial charge in [-0.15, -0.1) is 0 Å². The van der Waals surface area contributed by atoms with E-state index >= 15 is 0 Å². The van der Waals surface area contributed by atoms with Crippen LogP contribution >= 0.6 is 0 Å². The lowest BCUT2D eigenvalue weighted by Gasteiger charge is -2.27. The topological polar surface area (TPSA) is 0 Å². The van der Waals surface area contributed by atoms with Crippen LogP contribution in [0.4, 0.5) is 0 Å². The van der Waals surface area contributed by atoms with Crippen LogP contribution in [0.25, 0.3) is 33.4 Å². The number of fused-ring (bicyclic) bond motifs is 3. The van der Waals surface area contributed by atoms with Gasteiger partial charge in [0.1, 0.15) is 0 Å². The van der Waals surface area contributed by atoms with Crippen LogP contribution in [0.2, 0.25) is 0 Å². The van der Waals surface area contributed by atoms with Crippen molar-refractivity contribution in [3.8, 4) is 33.4 Å². The molecule has 1 aliphatic carbocycles. The Morgan fingerprint density at radius 3 is 0.951 bits per heavy atom. The minimum Gasteiger partial charge on any atom is -0.0579 e. The molecule has 4 aromatic carbocycles. The summed E-state index contributed by atoms with van der Waals surface area (Å²) in [5.74, 6) is 0. The fourth-order valence-corrected chi connectivity index (χ4v) is 6.31. The normalized spacial score (nSPS) is 13.8. The van der Waals surface area contributed by atoms with E-state index in [9.17, 15) is 0 Å². The van der Waals surface area contributed by atoms with Gasteiger partial charge in [-0.05, 0) is 119 Å². The summed E-state index contributed by atoms with van der Waals surface area (Å²) in [6.45, 7) is 27.8. The van der Waals surface area contributed by atoms with Crippen LogP contribution in [-0.2, 0) is 28.1 Å². The highest BCUT2D eigenvalue weighted by Gasteiger charge is 2.29. The third-order valence-corrected chi connectivity index (χ3v) is 8.90. The van der Waals surface area contributed by atoms with E-state index in [2.05, 4.69) is 156 Å². The van der Waals surface area contributed by atoms with Crippen molar-refractivity contribution in [3.63, 3.8) is 0 Å². The Balaban J connectivity index is 1.65. The molecule has 0 bridgehead atoms. The maximum atomic E-state index is 2.51. The molecule has 0 fully saturated rings. The third kappa shape index (κ3) is 5.68. The van der Waals surface area contributed by atoms with Crippen molar-refractivity contribution in [3.05, 3.63) is 106 Å². The van der Waals surface area contributed by atoms with Crippen LogP contribution < -0.4 is 0 Å². The summed E-state index contributed by atoms with van der Waals surface area (Å²) in [7, 11) is 0. The van der Waals surface area contributed by atoms with Crippen molar-refractivity contribution >= 4 is 0 Å². The lowest BCUT2D eigenvalue weighted by Crippen LogP contribution is -2.14. The minimum atomic E-state index is 0.0391. The molecule has 0 unspecified atom stereocenters. The largest absolute Gasteiger partial charge is 0.0579 e. The minimum absolute atomic E-state index is 0.0391. The fraction of sp³-hybridized carbons (Fsp3) is 0.415. The van der Waals surface area contributed by atoms with Crippen molar-refractivity contribution < 1.29 is 0 Å². The Bertz CT molecular complexity index is 1460. The number of hydrogen-bond donors (Lipinski definition) is 0. The van der Waals surface area contributed by atoms with E-state index in [1.807, 2.05) is 0 Å². The van der Waals surface area contributed by atoms with Gasteiger partial charge in [0.15, 0.2) is 0 Å². The van der Waals surface area contributed by atoms with Gasteiger partial charge in [-0.1, -0.05) is 132 Å². The molecule has 0 radical (unpaired) electrons. The zero-order valence-corrected chi connectivity index (χ0v) is 27.6. The molecule has 0 aromatic heterocycles. The second-order valence-corrected chi connectivity index (χ2v) is 16.4. The van der Waals surface area contributed by atoms with Crippen LogP contribution in [0.1, 0.15) is 116 Å². The van der Waals surface area contributed by atoms with Crippen molar-refractivity contribution in [1.82, 2.24) is 0 Å². The first kappa shape index (κ1) is 29.4. The van der Waals surface area contributed by atoms with E-state index in [1.165, 1.54) is 66.8 Å². The molecule has 0 saturated heterocycles. The van der Waals surface area contributed by atoms with E-state index in [1.54, 1.807) is 0 Å². The van der Waals surface area contributed by atoms with Crippen LogP contribution in [-0.4, -0.2) is 0 Å². The average molecular weight is 543 g/mol. The first-order valence-electron chi connectivity index (χ1n) is 15.4. The molecule has 41 heavy (non-hydrogen) atoms. The van der Waals surface area contributed by atoms with Gasteiger partial charge in [0, 0.05) is 0 Å². The Morgan fingerprint density at radius 1 is 0.366 bits per heavy atom. The standard InChI is InChI=1S/C41H50/c1-38(2,3)30-17-13-26(14-18-30)34-22-28-21-29-23-35(27-15-19-31(20-16-27)39(4,5)6)37(41(10,11)12)25-33(29)32(28)24-36(34)40(7,8)9/h13-20,22-25H,21H2,1-12H3. The van der Waals surface area contributed by atoms with Crippen molar-refractivity contribution in [1.29, 1.82) is 0 Å². The summed E-state index contributed by atoms with van der Waals surface area (Å²) in [6.07, 6.45) is 0.986. The van der Waals surface area contributed by atoms with E-state index in [0.717, 1.165) is 6.42 Å². The van der Waals surface area contributed by atoms with E-state index in [0.29, 0.717) is 0 Å². The van der Waals surface area contributed by atoms with E-state index < -0.39 is 0 Å². The zero-order valence-electron chi connectivity index (χ0n) is 27.6. The van der Waals surface area contributed by atoms with Gasteiger partial charge in [-0.2, -0.15) is 0 Å². The Labute approximate surface area is 250 Å². The number of benzene rings is 4. The highest BCUT2D eigenvalue weighted by Crippen LogP contribution is 2.47. The van der Waals surface area contributed by atoms with Crippen LogP contribution in [0.5, 0.6) is 0 Å². The molecule has 0 N–H and O–H groups in total. The second-order valence-electron chi connectivity index (χ2n) is 16.4. The molecule has 4 aromatic rings. The summed E-state index contributed by atoms with van der Waals surface area (Å²) >= 11 is 0. The molecule has 0 saturated carbocycles. The summed E-state index contributed by atoms with van der Waals surface area (Å²) in [5.41, 5.74) is 17.1. The van der Waals surface area contributed by atoms with Gasteiger partial charge < -0.3 is 0 Å². The number of rotatable bonds is 2. The van der Waals surface area contributed by atoms with E-state index in [4.69, 9.17) is 0 Å². The Kier molecular flexibility index (Phi) is 6.97. The molecule has 0 atom stereocenters. The molecule has 0 amide bonds. The molecular formula is C41H50. The zero-order chi connectivity index (χ0) is 30.1. The summed E-state index contributed by atoms with van der Waals surface area (Å²) in [5, 5.41) is 0. The predicted molar refractivity (Wildman–Crippen MR) is 180 cm³/mol. The molecule has 0 aliphatic heterocycles. The van der Waals surface area contributed by atoms with Crippen LogP contribution in [0.15, 0.2) is 72.8 Å². The summed E-state index contributed by atoms with van der Waals surface area (Å²) in [4.78, 5) is 0. The van der Waals surface area contributed by atoms with Gasteiger partial charge >= 0.3 is 0 Å². The molecule has 0 nitrogen and oxygen atoms in total.